The van der Waals surface area contributed by atoms with Crippen molar-refractivity contribution < 1.29 is 18.4 Å². The summed E-state index contributed by atoms with van der Waals surface area (Å²) < 4.78 is 28.9. The van der Waals surface area contributed by atoms with Crippen molar-refractivity contribution in [3.8, 4) is 0 Å². The van der Waals surface area contributed by atoms with E-state index >= 15 is 0 Å². The summed E-state index contributed by atoms with van der Waals surface area (Å²) in [4.78, 5) is 33.9. The first kappa shape index (κ1) is 17.0. The lowest BCUT2D eigenvalue weighted by atomic mass is 9.85. The second kappa shape index (κ2) is 6.08. The highest BCUT2D eigenvalue weighted by Gasteiger charge is 2.62. The van der Waals surface area contributed by atoms with E-state index in [1.807, 2.05) is 0 Å². The highest BCUT2D eigenvalue weighted by molar-refractivity contribution is 9.10. The number of hydrogen-bond acceptors (Lipinski definition) is 4. The lowest BCUT2D eigenvalue weighted by Crippen LogP contribution is -2.48. The van der Waals surface area contributed by atoms with Crippen LogP contribution in [-0.2, 0) is 10.2 Å². The highest BCUT2D eigenvalue weighted by Crippen LogP contribution is 2.55. The average Bonchev–Trinajstić information content (AvgIpc) is 3.25. The molecule has 6 nitrogen and oxygen atoms in total. The zero-order chi connectivity index (χ0) is 18.5. The van der Waals surface area contributed by atoms with Gasteiger partial charge in [-0.25, -0.2) is 18.7 Å². The maximum absolute atomic E-state index is 14.6. The Morgan fingerprint density at radius 3 is 2.73 bits per heavy atom. The normalized spacial score (nSPS) is 23.7. The summed E-state index contributed by atoms with van der Waals surface area (Å²) in [6, 6.07) is 4.48. The van der Waals surface area contributed by atoms with Crippen LogP contribution in [0.15, 0.2) is 35.1 Å². The molecule has 9 heteroatoms. The van der Waals surface area contributed by atoms with Crippen LogP contribution >= 0.6 is 15.9 Å². The fourth-order valence-electron chi connectivity index (χ4n) is 3.39. The Bertz CT molecular complexity index is 911. The van der Waals surface area contributed by atoms with Crippen LogP contribution in [0.4, 0.5) is 14.7 Å². The minimum Gasteiger partial charge on any atom is -0.328 e. The Balaban J connectivity index is 1.60. The van der Waals surface area contributed by atoms with Gasteiger partial charge in [0.15, 0.2) is 0 Å². The molecule has 134 valence electrons. The topological polar surface area (TPSA) is 75.2 Å². The summed E-state index contributed by atoms with van der Waals surface area (Å²) in [5.74, 6) is -1.50. The van der Waals surface area contributed by atoms with E-state index in [1.165, 1.54) is 29.4 Å². The molecule has 26 heavy (non-hydrogen) atoms. The Labute approximate surface area is 155 Å². The van der Waals surface area contributed by atoms with Crippen molar-refractivity contribution in [3.63, 3.8) is 0 Å². The number of fused-ring (bicyclic) bond motifs is 2. The molecular weight excluding hydrogens is 410 g/mol. The van der Waals surface area contributed by atoms with E-state index in [1.54, 1.807) is 6.07 Å². The van der Waals surface area contributed by atoms with E-state index in [0.29, 0.717) is 0 Å². The van der Waals surface area contributed by atoms with Gasteiger partial charge in [0.25, 0.3) is 5.91 Å². The second-order valence-electron chi connectivity index (χ2n) is 6.39. The molecule has 1 saturated carbocycles. The van der Waals surface area contributed by atoms with Crippen LogP contribution in [0, 0.1) is 5.82 Å². The largest absolute Gasteiger partial charge is 0.328 e. The first-order valence-electron chi connectivity index (χ1n) is 7.91. The zero-order valence-corrected chi connectivity index (χ0v) is 15.0. The molecule has 0 bridgehead atoms. The van der Waals surface area contributed by atoms with Gasteiger partial charge in [-0.05, 0) is 40.5 Å². The van der Waals surface area contributed by atoms with Crippen LogP contribution in [0.2, 0.25) is 0 Å². The molecule has 1 aliphatic carbocycles. The first-order valence-corrected chi connectivity index (χ1v) is 8.70. The summed E-state index contributed by atoms with van der Waals surface area (Å²) in [6.45, 7) is -0.334. The molecule has 4 rings (SSSR count). The molecular formula is C17H13BrF2N4O2. The van der Waals surface area contributed by atoms with Crippen molar-refractivity contribution in [1.29, 1.82) is 0 Å². The number of nitrogens with one attached hydrogen (secondary N) is 1. The monoisotopic (exact) mass is 422 g/mol. The van der Waals surface area contributed by atoms with Gasteiger partial charge in [-0.3, -0.25) is 14.9 Å². The maximum atomic E-state index is 14.6. The smallest absolute Gasteiger partial charge is 0.254 e. The maximum Gasteiger partial charge on any atom is 0.254 e. The van der Waals surface area contributed by atoms with Crippen LogP contribution in [0.5, 0.6) is 0 Å². The standard InChI is InChI=1S/C17H13BrF2N4O2/c18-10-3-2-9-13(14(10)20)17(6-11(17)19)8-24(15(9)26)7-12(25)23-16-21-4-1-5-22-16/h1-5,11H,6-8H2,(H,21,22,23,25)/t11-,17-/m0/s1. The van der Waals surface area contributed by atoms with Crippen molar-refractivity contribution in [2.75, 3.05) is 18.4 Å². The van der Waals surface area contributed by atoms with Crippen LogP contribution in [0.25, 0.3) is 0 Å². The SMILES string of the molecule is O=C(CN1C[C@]2(C[C@@H]2F)c2c(ccc(Br)c2F)C1=O)Nc1ncccn1. The van der Waals surface area contributed by atoms with Gasteiger partial charge < -0.3 is 4.90 Å². The average molecular weight is 423 g/mol. The van der Waals surface area contributed by atoms with E-state index in [2.05, 4.69) is 31.2 Å². The van der Waals surface area contributed by atoms with E-state index in [0.717, 1.165) is 0 Å². The van der Waals surface area contributed by atoms with Crippen molar-refractivity contribution in [2.24, 2.45) is 0 Å². The van der Waals surface area contributed by atoms with Crippen LogP contribution < -0.4 is 5.32 Å². The van der Waals surface area contributed by atoms with Gasteiger partial charge >= 0.3 is 0 Å². The quantitative estimate of drug-likeness (QED) is 0.823. The molecule has 1 fully saturated rings. The summed E-state index contributed by atoms with van der Waals surface area (Å²) in [5.41, 5.74) is -0.881. The van der Waals surface area contributed by atoms with E-state index in [-0.39, 0.29) is 41.1 Å². The molecule has 0 radical (unpaired) electrons. The molecule has 2 atom stereocenters. The van der Waals surface area contributed by atoms with E-state index in [4.69, 9.17) is 0 Å². The summed E-state index contributed by atoms with van der Waals surface area (Å²) in [5, 5.41) is 2.48. The Morgan fingerprint density at radius 2 is 2.08 bits per heavy atom. The number of anilines is 1. The number of rotatable bonds is 3. The fourth-order valence-corrected chi connectivity index (χ4v) is 3.72. The number of halogens is 3. The molecule has 2 amide bonds. The molecule has 0 unspecified atom stereocenters. The number of aromatic nitrogens is 2. The molecule has 0 saturated heterocycles. The minimum atomic E-state index is -1.25. The third-order valence-corrected chi connectivity index (χ3v) is 5.33. The minimum absolute atomic E-state index is 0.0452. The lowest BCUT2D eigenvalue weighted by molar-refractivity contribution is -0.117. The van der Waals surface area contributed by atoms with Gasteiger partial charge in [0, 0.05) is 30.1 Å². The molecule has 1 N–H and O–H groups in total. The van der Waals surface area contributed by atoms with Crippen LogP contribution in [-0.4, -0.2) is 45.9 Å². The second-order valence-corrected chi connectivity index (χ2v) is 7.25. The lowest BCUT2D eigenvalue weighted by Gasteiger charge is -2.34. The third kappa shape index (κ3) is 2.66. The molecule has 1 aromatic carbocycles. The van der Waals surface area contributed by atoms with Crippen molar-refractivity contribution in [2.45, 2.75) is 18.0 Å². The third-order valence-electron chi connectivity index (χ3n) is 4.72. The summed E-state index contributed by atoms with van der Waals surface area (Å²) >= 11 is 3.09. The van der Waals surface area contributed by atoms with Crippen molar-refractivity contribution in [1.82, 2.24) is 14.9 Å². The van der Waals surface area contributed by atoms with E-state index in [9.17, 15) is 18.4 Å². The molecule has 2 aliphatic rings. The highest BCUT2D eigenvalue weighted by atomic mass is 79.9. The van der Waals surface area contributed by atoms with Crippen molar-refractivity contribution in [3.05, 3.63) is 52.0 Å². The number of benzene rings is 1. The van der Waals surface area contributed by atoms with Gasteiger partial charge in [0.1, 0.15) is 18.5 Å². The Morgan fingerprint density at radius 1 is 1.38 bits per heavy atom. The molecule has 2 heterocycles. The van der Waals surface area contributed by atoms with Gasteiger partial charge in [-0.15, -0.1) is 0 Å². The first-order chi connectivity index (χ1) is 12.4. The van der Waals surface area contributed by atoms with E-state index < -0.39 is 29.2 Å². The number of hydrogen-bond donors (Lipinski definition) is 1. The fraction of sp³-hybridized carbons (Fsp3) is 0.294. The number of amides is 2. The summed E-state index contributed by atoms with van der Waals surface area (Å²) in [7, 11) is 0. The number of nitrogens with zero attached hydrogens (tertiary/aromatic N) is 3. The zero-order valence-electron chi connectivity index (χ0n) is 13.4. The number of carbonyl (C=O) groups is 2. The van der Waals surface area contributed by atoms with Crippen LogP contribution in [0.3, 0.4) is 0 Å². The van der Waals surface area contributed by atoms with Gasteiger partial charge in [-0.1, -0.05) is 0 Å². The molecule has 1 aliphatic heterocycles. The summed E-state index contributed by atoms with van der Waals surface area (Å²) in [6.07, 6.45) is 1.82. The Hall–Kier alpha value is -2.42. The predicted molar refractivity (Wildman–Crippen MR) is 91.9 cm³/mol. The van der Waals surface area contributed by atoms with Crippen LogP contribution in [0.1, 0.15) is 22.3 Å². The van der Waals surface area contributed by atoms with Gasteiger partial charge in [0.05, 0.1) is 9.89 Å². The molecule has 1 spiro atoms. The van der Waals surface area contributed by atoms with Crippen molar-refractivity contribution >= 4 is 33.7 Å². The number of alkyl halides is 1. The van der Waals surface area contributed by atoms with Gasteiger partial charge in [0.2, 0.25) is 11.9 Å². The number of carbonyl (C=O) groups excluding carboxylic acids is 2. The Kier molecular flexibility index (Phi) is 3.98. The molecule has 2 aromatic rings. The molecule has 1 aromatic heterocycles. The van der Waals surface area contributed by atoms with Gasteiger partial charge in [-0.2, -0.15) is 0 Å². The predicted octanol–water partition coefficient (Wildman–Crippen LogP) is 2.45.